The molecule has 0 saturated carbocycles. The van der Waals surface area contributed by atoms with Crippen molar-refractivity contribution < 1.29 is 14.2 Å². The molecule has 1 unspecified atom stereocenters. The summed E-state index contributed by atoms with van der Waals surface area (Å²) in [6, 6.07) is 14.0. The van der Waals surface area contributed by atoms with Crippen molar-refractivity contribution in [2.75, 3.05) is 20.3 Å². The third-order valence-electron chi connectivity index (χ3n) is 5.69. The van der Waals surface area contributed by atoms with Crippen molar-refractivity contribution in [3.8, 4) is 34.0 Å². The molecule has 0 bridgehead atoms. The molecule has 0 spiro atoms. The average Bonchev–Trinajstić information content (AvgIpc) is 3.13. The Kier molecular flexibility index (Phi) is 5.03. The van der Waals surface area contributed by atoms with E-state index in [1.807, 2.05) is 48.3 Å². The van der Waals surface area contributed by atoms with Gasteiger partial charge in [-0.2, -0.15) is 5.10 Å². The van der Waals surface area contributed by atoms with Crippen molar-refractivity contribution in [1.82, 2.24) is 19.7 Å². The monoisotopic (exact) mass is 416 g/mol. The van der Waals surface area contributed by atoms with E-state index in [-0.39, 0.29) is 6.10 Å². The van der Waals surface area contributed by atoms with Gasteiger partial charge in [0.05, 0.1) is 31.5 Å². The van der Waals surface area contributed by atoms with Gasteiger partial charge in [-0.15, -0.1) is 0 Å². The summed E-state index contributed by atoms with van der Waals surface area (Å²) in [5.41, 5.74) is 4.45. The molecule has 1 aliphatic heterocycles. The molecule has 4 aromatic rings. The molecule has 1 fully saturated rings. The van der Waals surface area contributed by atoms with E-state index in [4.69, 9.17) is 19.3 Å². The van der Waals surface area contributed by atoms with E-state index < -0.39 is 0 Å². The predicted molar refractivity (Wildman–Crippen MR) is 118 cm³/mol. The van der Waals surface area contributed by atoms with Gasteiger partial charge in [-0.3, -0.25) is 4.68 Å². The number of aromatic nitrogens is 4. The fourth-order valence-electron chi connectivity index (χ4n) is 3.82. The van der Waals surface area contributed by atoms with Crippen LogP contribution in [-0.2, 0) is 11.8 Å². The highest BCUT2D eigenvalue weighted by Crippen LogP contribution is 2.39. The summed E-state index contributed by atoms with van der Waals surface area (Å²) in [4.78, 5) is 9.11. The zero-order valence-electron chi connectivity index (χ0n) is 17.8. The van der Waals surface area contributed by atoms with Gasteiger partial charge in [-0.05, 0) is 13.0 Å². The van der Waals surface area contributed by atoms with Crippen molar-refractivity contribution in [1.29, 1.82) is 0 Å². The Balaban J connectivity index is 1.64. The Morgan fingerprint density at radius 3 is 2.58 bits per heavy atom. The maximum Gasteiger partial charge on any atom is 0.162 e. The van der Waals surface area contributed by atoms with Crippen molar-refractivity contribution in [3.05, 3.63) is 55.0 Å². The van der Waals surface area contributed by atoms with Crippen LogP contribution in [0, 0.1) is 5.92 Å². The van der Waals surface area contributed by atoms with Gasteiger partial charge in [0.1, 0.15) is 18.1 Å². The minimum absolute atomic E-state index is 0.0199. The first kappa shape index (κ1) is 19.5. The number of hydrogen-bond donors (Lipinski definition) is 0. The first-order valence-electron chi connectivity index (χ1n) is 10.3. The fourth-order valence-corrected chi connectivity index (χ4v) is 3.82. The number of methoxy groups -OCH3 is 1. The smallest absolute Gasteiger partial charge is 0.162 e. The molecule has 1 aliphatic rings. The molecule has 3 heterocycles. The summed E-state index contributed by atoms with van der Waals surface area (Å²) < 4.78 is 19.0. The third kappa shape index (κ3) is 3.61. The Hall–Kier alpha value is -3.45. The highest BCUT2D eigenvalue weighted by atomic mass is 16.5. The lowest BCUT2D eigenvalue weighted by molar-refractivity contribution is -0.0780. The van der Waals surface area contributed by atoms with Crippen LogP contribution in [0.2, 0.25) is 0 Å². The second kappa shape index (κ2) is 8.00. The van der Waals surface area contributed by atoms with Crippen LogP contribution in [0.25, 0.3) is 33.4 Å². The summed E-state index contributed by atoms with van der Waals surface area (Å²) in [5.74, 6) is 1.71. The summed E-state index contributed by atoms with van der Waals surface area (Å²) in [7, 11) is 3.56. The second-order valence-corrected chi connectivity index (χ2v) is 7.79. The average molecular weight is 416 g/mol. The van der Waals surface area contributed by atoms with Crippen molar-refractivity contribution in [2.45, 2.75) is 13.0 Å². The van der Waals surface area contributed by atoms with Crippen molar-refractivity contribution >= 4 is 10.9 Å². The standard InChI is InChI=1S/C24H24N4O3/c1-15(17-12-30-13-17)31-22-9-18-20(10-21(22)29-3)25-14-26-24(18)19-11-28(2)27-23(19)16-7-5-4-6-8-16/h4-11,14-15,17H,12-13H2,1-3H3. The topological polar surface area (TPSA) is 71.3 Å². The number of hydrogen-bond acceptors (Lipinski definition) is 6. The van der Waals surface area contributed by atoms with E-state index in [1.54, 1.807) is 13.4 Å². The minimum Gasteiger partial charge on any atom is -0.493 e. The molecule has 7 heteroatoms. The first-order chi connectivity index (χ1) is 15.1. The Morgan fingerprint density at radius 1 is 1.06 bits per heavy atom. The number of nitrogens with zero attached hydrogens (tertiary/aromatic N) is 4. The lowest BCUT2D eigenvalue weighted by Gasteiger charge is -2.32. The van der Waals surface area contributed by atoms with E-state index in [9.17, 15) is 0 Å². The lowest BCUT2D eigenvalue weighted by Crippen LogP contribution is -2.39. The fraction of sp³-hybridized carbons (Fsp3) is 0.292. The summed E-state index contributed by atoms with van der Waals surface area (Å²) in [6.07, 6.45) is 3.59. The molecule has 1 atom stereocenters. The molecule has 31 heavy (non-hydrogen) atoms. The van der Waals surface area contributed by atoms with Gasteiger partial charge >= 0.3 is 0 Å². The molecule has 0 aliphatic carbocycles. The second-order valence-electron chi connectivity index (χ2n) is 7.79. The number of benzene rings is 2. The van der Waals surface area contributed by atoms with Gasteiger partial charge in [-0.25, -0.2) is 9.97 Å². The van der Waals surface area contributed by atoms with Crippen LogP contribution in [0.4, 0.5) is 0 Å². The van der Waals surface area contributed by atoms with Gasteiger partial charge in [0.25, 0.3) is 0 Å². The first-order valence-corrected chi connectivity index (χ1v) is 10.3. The molecule has 0 amide bonds. The number of aryl methyl sites for hydroxylation is 1. The zero-order chi connectivity index (χ0) is 21.4. The largest absolute Gasteiger partial charge is 0.493 e. The van der Waals surface area contributed by atoms with Crippen molar-refractivity contribution in [2.24, 2.45) is 13.0 Å². The van der Waals surface area contributed by atoms with Gasteiger partial charge in [0, 0.05) is 41.7 Å². The molecule has 2 aromatic heterocycles. The van der Waals surface area contributed by atoms with Crippen LogP contribution < -0.4 is 9.47 Å². The molecule has 0 radical (unpaired) electrons. The maximum absolute atomic E-state index is 6.28. The third-order valence-corrected chi connectivity index (χ3v) is 5.69. The van der Waals surface area contributed by atoms with Gasteiger partial charge in [0.15, 0.2) is 11.5 Å². The summed E-state index contributed by atoms with van der Waals surface area (Å²) in [6.45, 7) is 3.51. The molecular weight excluding hydrogens is 392 g/mol. The van der Waals surface area contributed by atoms with E-state index >= 15 is 0 Å². The maximum atomic E-state index is 6.28. The molecular formula is C24H24N4O3. The molecule has 7 nitrogen and oxygen atoms in total. The lowest BCUT2D eigenvalue weighted by atomic mass is 10.0. The van der Waals surface area contributed by atoms with Crippen LogP contribution in [-0.4, -0.2) is 46.2 Å². The Bertz CT molecular complexity index is 1220. The van der Waals surface area contributed by atoms with Gasteiger partial charge in [-0.1, -0.05) is 30.3 Å². The molecule has 5 rings (SSSR count). The van der Waals surface area contributed by atoms with Crippen molar-refractivity contribution in [3.63, 3.8) is 0 Å². The number of fused-ring (bicyclic) bond motifs is 1. The quantitative estimate of drug-likeness (QED) is 0.471. The molecule has 158 valence electrons. The molecule has 2 aromatic carbocycles. The van der Waals surface area contributed by atoms with E-state index in [2.05, 4.69) is 29.0 Å². The van der Waals surface area contributed by atoms with Gasteiger partial charge in [0.2, 0.25) is 0 Å². The van der Waals surface area contributed by atoms with Crippen LogP contribution in [0.3, 0.4) is 0 Å². The number of rotatable bonds is 6. The van der Waals surface area contributed by atoms with E-state index in [1.165, 1.54) is 0 Å². The van der Waals surface area contributed by atoms with Crippen LogP contribution in [0.15, 0.2) is 55.0 Å². The van der Waals surface area contributed by atoms with E-state index in [0.29, 0.717) is 17.4 Å². The van der Waals surface area contributed by atoms with Crippen LogP contribution >= 0.6 is 0 Å². The van der Waals surface area contributed by atoms with Crippen LogP contribution in [0.5, 0.6) is 11.5 Å². The Labute approximate surface area is 180 Å². The highest BCUT2D eigenvalue weighted by Gasteiger charge is 2.28. The SMILES string of the molecule is COc1cc2ncnc(-c3cn(C)nc3-c3ccccc3)c2cc1OC(C)C1COC1. The predicted octanol–water partition coefficient (Wildman–Crippen LogP) is 4.12. The summed E-state index contributed by atoms with van der Waals surface area (Å²) in [5, 5.41) is 5.59. The molecule has 1 saturated heterocycles. The summed E-state index contributed by atoms with van der Waals surface area (Å²) >= 11 is 0. The Morgan fingerprint density at radius 2 is 1.87 bits per heavy atom. The number of ether oxygens (including phenoxy) is 3. The van der Waals surface area contributed by atoms with E-state index in [0.717, 1.165) is 46.6 Å². The minimum atomic E-state index is 0.0199. The normalized spacial score (nSPS) is 14.9. The van der Waals surface area contributed by atoms with Gasteiger partial charge < -0.3 is 14.2 Å². The highest BCUT2D eigenvalue weighted by molar-refractivity contribution is 5.97. The van der Waals surface area contributed by atoms with Crippen LogP contribution in [0.1, 0.15) is 6.92 Å². The zero-order valence-corrected chi connectivity index (χ0v) is 17.8. The molecule has 0 N–H and O–H groups in total.